The topological polar surface area (TPSA) is 64.5 Å². The van der Waals surface area contributed by atoms with Crippen molar-refractivity contribution in [3.63, 3.8) is 0 Å². The second-order valence-corrected chi connectivity index (χ2v) is 13.4. The van der Waals surface area contributed by atoms with Gasteiger partial charge in [0.05, 0.1) is 11.4 Å². The number of hydrogen-bond donors (Lipinski definition) is 0. The Kier molecular flexibility index (Phi) is 6.86. The van der Waals surface area contributed by atoms with Crippen LogP contribution in [0.2, 0.25) is 0 Å². The fourth-order valence-electron chi connectivity index (χ4n) is 8.07. The zero-order valence-electron chi connectivity index (χ0n) is 28.7. The fourth-order valence-corrected chi connectivity index (χ4v) is 8.07. The van der Waals surface area contributed by atoms with Crippen LogP contribution in [0.3, 0.4) is 0 Å². The molecule has 0 radical (unpaired) electrons. The van der Waals surface area contributed by atoms with Gasteiger partial charge in [-0.25, -0.2) is 0 Å². The van der Waals surface area contributed by atoms with Gasteiger partial charge in [0.1, 0.15) is 11.4 Å². The van der Waals surface area contributed by atoms with Crippen molar-refractivity contribution >= 4 is 12.2 Å². The number of rotatable bonds is 5. The zero-order valence-corrected chi connectivity index (χ0v) is 28.7. The van der Waals surface area contributed by atoms with E-state index in [0.29, 0.717) is 0 Å². The number of hydrogen-bond acceptors (Lipinski definition) is 5. The Bertz CT molecular complexity index is 2850. The molecule has 0 aliphatic heterocycles. The maximum absolute atomic E-state index is 4.88. The summed E-state index contributed by atoms with van der Waals surface area (Å²) in [5, 5.41) is 25.7. The highest BCUT2D eigenvalue weighted by molar-refractivity contribution is 6.10. The molecule has 6 aromatic carbocycles. The number of fused-ring (bicyclic) bond motifs is 7. The van der Waals surface area contributed by atoms with Gasteiger partial charge in [-0.15, -0.1) is 10.2 Å². The molecule has 0 bridgehead atoms. The van der Waals surface area contributed by atoms with Crippen molar-refractivity contribution in [1.29, 1.82) is 0 Å². The van der Waals surface area contributed by atoms with Gasteiger partial charge in [-0.2, -0.15) is 10.2 Å². The lowest BCUT2D eigenvalue weighted by molar-refractivity contribution is 0.879. The monoisotopic (exact) mass is 665 g/mol. The minimum atomic E-state index is 0.777. The number of benzene rings is 6. The molecule has 5 nitrogen and oxygen atoms in total. The van der Waals surface area contributed by atoms with Crippen LogP contribution in [0.25, 0.3) is 90.3 Å². The van der Waals surface area contributed by atoms with Crippen LogP contribution in [-0.2, 0) is 0 Å². The van der Waals surface area contributed by atoms with Gasteiger partial charge in [0.2, 0.25) is 0 Å². The standard InChI is InChI=1S/C47H31N5/c1-28-29(2)48-49-39-27-38-37-26-33-22-12-13-23-34(33)43(37)41(30-16-6-3-7-17-30)44(45(38)40(28)39)35-24-14-15-25-36(35)47-42(31-18-8-4-9-19-31)46(50-52-51-47)32-20-10-5-11-21-32/h3-27H,1-2H3. The molecular weight excluding hydrogens is 635 g/mol. The average molecular weight is 666 g/mol. The quantitative estimate of drug-likeness (QED) is 0.183. The molecule has 0 unspecified atom stereocenters. The molecule has 2 aliphatic rings. The Hall–Kier alpha value is -6.85. The molecule has 0 saturated carbocycles. The summed E-state index contributed by atoms with van der Waals surface area (Å²) in [6.07, 6.45) is 4.58. The molecule has 52 heavy (non-hydrogen) atoms. The van der Waals surface area contributed by atoms with Crippen LogP contribution in [0.1, 0.15) is 22.5 Å². The van der Waals surface area contributed by atoms with Gasteiger partial charge in [0.25, 0.3) is 0 Å². The van der Waals surface area contributed by atoms with Crippen molar-refractivity contribution in [2.24, 2.45) is 0 Å². The Morgan fingerprint density at radius 2 is 0.923 bits per heavy atom. The van der Waals surface area contributed by atoms with Gasteiger partial charge in [0, 0.05) is 27.8 Å². The minimum Gasteiger partial charge on any atom is -0.155 e. The maximum Gasteiger partial charge on any atom is 0.105 e. The predicted octanol–water partition coefficient (Wildman–Crippen LogP) is 9.23. The summed E-state index contributed by atoms with van der Waals surface area (Å²) >= 11 is 0. The van der Waals surface area contributed by atoms with Crippen molar-refractivity contribution in [3.8, 4) is 78.1 Å². The third-order valence-electron chi connectivity index (χ3n) is 10.5. The van der Waals surface area contributed by atoms with Crippen LogP contribution >= 0.6 is 0 Å². The fraction of sp³-hybridized carbons (Fsp3) is 0.0426. The van der Waals surface area contributed by atoms with Crippen LogP contribution in [0, 0.1) is 13.8 Å². The molecule has 5 heteroatoms. The number of aryl methyl sites for hydroxylation is 1. The lowest BCUT2D eigenvalue weighted by Crippen LogP contribution is -2.27. The van der Waals surface area contributed by atoms with Gasteiger partial charge < -0.3 is 0 Å². The molecule has 0 fully saturated rings. The molecule has 8 aromatic rings. The molecule has 244 valence electrons. The summed E-state index contributed by atoms with van der Waals surface area (Å²) in [4.78, 5) is 0. The van der Waals surface area contributed by atoms with E-state index < -0.39 is 0 Å². The van der Waals surface area contributed by atoms with E-state index in [2.05, 4.69) is 150 Å². The van der Waals surface area contributed by atoms with E-state index in [-0.39, 0.29) is 0 Å². The summed E-state index contributed by atoms with van der Waals surface area (Å²) in [6, 6.07) is 48.8. The van der Waals surface area contributed by atoms with Crippen LogP contribution < -0.4 is 10.4 Å². The van der Waals surface area contributed by atoms with Crippen LogP contribution in [0.5, 0.6) is 0 Å². The highest BCUT2D eigenvalue weighted by Crippen LogP contribution is 2.50. The van der Waals surface area contributed by atoms with Crippen LogP contribution in [0.4, 0.5) is 0 Å². The second-order valence-electron chi connectivity index (χ2n) is 13.4. The van der Waals surface area contributed by atoms with Crippen molar-refractivity contribution in [2.75, 3.05) is 0 Å². The molecular formula is C47H31N5. The lowest BCUT2D eigenvalue weighted by Gasteiger charge is -2.23. The predicted molar refractivity (Wildman–Crippen MR) is 209 cm³/mol. The third kappa shape index (κ3) is 4.53. The number of nitrogens with zero attached hydrogens (tertiary/aromatic N) is 5. The summed E-state index contributed by atoms with van der Waals surface area (Å²) in [5.41, 5.74) is 19.0. The van der Waals surface area contributed by atoms with E-state index in [4.69, 9.17) is 10.2 Å². The molecule has 2 aliphatic carbocycles. The van der Waals surface area contributed by atoms with Crippen molar-refractivity contribution < 1.29 is 0 Å². The first-order valence-corrected chi connectivity index (χ1v) is 17.5. The molecule has 0 atom stereocenters. The average Bonchev–Trinajstić information content (AvgIpc) is 3.79. The largest absolute Gasteiger partial charge is 0.155 e. The minimum absolute atomic E-state index is 0.777. The highest BCUT2D eigenvalue weighted by atomic mass is 15.3. The Labute approximate surface area is 301 Å². The normalized spacial score (nSPS) is 12.0. The molecule has 2 heterocycles. The maximum atomic E-state index is 4.88. The van der Waals surface area contributed by atoms with E-state index in [1.807, 2.05) is 31.2 Å². The van der Waals surface area contributed by atoms with Crippen molar-refractivity contribution in [2.45, 2.75) is 13.8 Å². The first kappa shape index (κ1) is 30.0. The van der Waals surface area contributed by atoms with E-state index in [1.165, 1.54) is 38.3 Å². The molecule has 10 rings (SSSR count). The lowest BCUT2D eigenvalue weighted by atomic mass is 9.80. The Balaban J connectivity index is 1.39. The molecule has 0 spiro atoms. The van der Waals surface area contributed by atoms with Gasteiger partial charge in [-0.05, 0) is 91.7 Å². The van der Waals surface area contributed by atoms with Crippen molar-refractivity contribution in [3.05, 3.63) is 172 Å². The van der Waals surface area contributed by atoms with Gasteiger partial charge in [-0.3, -0.25) is 0 Å². The first-order chi connectivity index (χ1) is 25.7. The van der Waals surface area contributed by atoms with E-state index in [1.54, 1.807) is 0 Å². The summed E-state index contributed by atoms with van der Waals surface area (Å²) in [6.45, 7) is 4.22. The van der Waals surface area contributed by atoms with Gasteiger partial charge in [0.15, 0.2) is 0 Å². The second kappa shape index (κ2) is 11.9. The molecule has 0 saturated heterocycles. The molecule has 0 N–H and O–H groups in total. The summed E-state index contributed by atoms with van der Waals surface area (Å²) < 4.78 is 0. The van der Waals surface area contributed by atoms with Crippen molar-refractivity contribution in [1.82, 2.24) is 25.6 Å². The third-order valence-corrected chi connectivity index (χ3v) is 10.5. The summed E-state index contributed by atoms with van der Waals surface area (Å²) in [5.74, 6) is 0. The Morgan fingerprint density at radius 1 is 0.365 bits per heavy atom. The van der Waals surface area contributed by atoms with Gasteiger partial charge >= 0.3 is 0 Å². The summed E-state index contributed by atoms with van der Waals surface area (Å²) in [7, 11) is 0. The molecule has 0 amide bonds. The molecule has 2 aromatic heterocycles. The SMILES string of the molecule is Cc1nnc2c(c1C)-c1c(-c3ccccc3-c3nnnc(-c4ccccc4)c3-c3ccccc3)c(-c3ccccc3)c3c(c1=C2)=Cc1ccccc1-3. The van der Waals surface area contributed by atoms with Crippen LogP contribution in [0.15, 0.2) is 140 Å². The van der Waals surface area contributed by atoms with E-state index in [0.717, 1.165) is 72.8 Å². The Morgan fingerprint density at radius 3 is 1.63 bits per heavy atom. The smallest absolute Gasteiger partial charge is 0.105 e. The van der Waals surface area contributed by atoms with Gasteiger partial charge in [-0.1, -0.05) is 140 Å². The number of aromatic nitrogens is 5. The van der Waals surface area contributed by atoms with E-state index >= 15 is 0 Å². The van der Waals surface area contributed by atoms with E-state index in [9.17, 15) is 0 Å². The first-order valence-electron chi connectivity index (χ1n) is 17.5. The highest BCUT2D eigenvalue weighted by Gasteiger charge is 2.32. The zero-order chi connectivity index (χ0) is 34.8. The van der Waals surface area contributed by atoms with Crippen LogP contribution in [-0.4, -0.2) is 25.6 Å².